The first-order chi connectivity index (χ1) is 6.99. The summed E-state index contributed by atoms with van der Waals surface area (Å²) in [5.74, 6) is 0.367. The SMILES string of the molecule is COc1ccc(S(=O)(=O)O)c(NC=O)c1. The highest BCUT2D eigenvalue weighted by Gasteiger charge is 2.15. The molecule has 0 atom stereocenters. The van der Waals surface area contributed by atoms with Gasteiger partial charge in [-0.25, -0.2) is 0 Å². The Morgan fingerprint density at radius 3 is 2.60 bits per heavy atom. The maximum Gasteiger partial charge on any atom is 0.296 e. The van der Waals surface area contributed by atoms with Crippen molar-refractivity contribution >= 4 is 22.2 Å². The van der Waals surface area contributed by atoms with Crippen LogP contribution < -0.4 is 10.1 Å². The van der Waals surface area contributed by atoms with Gasteiger partial charge in [0.05, 0.1) is 12.8 Å². The fourth-order valence-corrected chi connectivity index (χ4v) is 1.67. The summed E-state index contributed by atoms with van der Waals surface area (Å²) in [5.41, 5.74) is -0.0353. The van der Waals surface area contributed by atoms with Crippen LogP contribution >= 0.6 is 0 Å². The first-order valence-electron chi connectivity index (χ1n) is 3.84. The molecule has 7 heteroatoms. The van der Waals surface area contributed by atoms with E-state index in [0.717, 1.165) is 6.07 Å². The first kappa shape index (κ1) is 11.5. The summed E-state index contributed by atoms with van der Waals surface area (Å²) in [6.45, 7) is 0. The van der Waals surface area contributed by atoms with Crippen molar-refractivity contribution in [2.75, 3.05) is 12.4 Å². The summed E-state index contributed by atoms with van der Waals surface area (Å²) < 4.78 is 35.4. The van der Waals surface area contributed by atoms with Crippen LogP contribution in [0.15, 0.2) is 23.1 Å². The number of rotatable bonds is 4. The molecular weight excluding hydrogens is 222 g/mol. The number of hydrogen-bond acceptors (Lipinski definition) is 4. The molecule has 0 aliphatic heterocycles. The number of carbonyl (C=O) groups is 1. The van der Waals surface area contributed by atoms with E-state index in [2.05, 4.69) is 5.32 Å². The largest absolute Gasteiger partial charge is 0.497 e. The molecule has 1 aromatic carbocycles. The topological polar surface area (TPSA) is 92.7 Å². The molecule has 0 radical (unpaired) electrons. The third-order valence-electron chi connectivity index (χ3n) is 1.68. The number of benzene rings is 1. The molecule has 1 amide bonds. The lowest BCUT2D eigenvalue weighted by molar-refractivity contribution is -0.105. The molecular formula is C8H9NO5S. The highest BCUT2D eigenvalue weighted by molar-refractivity contribution is 7.86. The predicted octanol–water partition coefficient (Wildman–Crippen LogP) is 0.510. The Balaban J connectivity index is 3.33. The number of nitrogens with one attached hydrogen (secondary N) is 1. The zero-order chi connectivity index (χ0) is 11.5. The molecule has 0 saturated carbocycles. The molecule has 0 saturated heterocycles. The quantitative estimate of drug-likeness (QED) is 0.581. The number of hydrogen-bond donors (Lipinski definition) is 2. The molecule has 1 rings (SSSR count). The summed E-state index contributed by atoms with van der Waals surface area (Å²) in [7, 11) is -2.96. The minimum atomic E-state index is -4.36. The highest BCUT2D eigenvalue weighted by atomic mass is 32.2. The third kappa shape index (κ3) is 2.67. The van der Waals surface area contributed by atoms with E-state index >= 15 is 0 Å². The van der Waals surface area contributed by atoms with Gasteiger partial charge in [-0.2, -0.15) is 8.42 Å². The van der Waals surface area contributed by atoms with Crippen molar-refractivity contribution in [3.63, 3.8) is 0 Å². The molecule has 0 heterocycles. The zero-order valence-corrected chi connectivity index (χ0v) is 8.61. The predicted molar refractivity (Wildman–Crippen MR) is 52.5 cm³/mol. The normalized spacial score (nSPS) is 10.8. The Kier molecular flexibility index (Phi) is 3.28. The molecule has 0 spiro atoms. The van der Waals surface area contributed by atoms with Crippen LogP contribution in [-0.4, -0.2) is 26.5 Å². The molecule has 82 valence electrons. The summed E-state index contributed by atoms with van der Waals surface area (Å²) in [5, 5.41) is 2.16. The van der Waals surface area contributed by atoms with E-state index in [0.29, 0.717) is 12.2 Å². The molecule has 0 aliphatic carbocycles. The standard InChI is InChI=1S/C8H9NO5S/c1-14-6-2-3-8(15(11,12)13)7(4-6)9-5-10/h2-5H,1H3,(H,9,10)(H,11,12,13). The summed E-state index contributed by atoms with van der Waals surface area (Å²) >= 11 is 0. The fourth-order valence-electron chi connectivity index (χ4n) is 1.04. The van der Waals surface area contributed by atoms with Gasteiger partial charge in [0.25, 0.3) is 10.1 Å². The van der Waals surface area contributed by atoms with Gasteiger partial charge in [0.1, 0.15) is 10.6 Å². The van der Waals surface area contributed by atoms with Crippen molar-refractivity contribution in [3.8, 4) is 5.75 Å². The van der Waals surface area contributed by atoms with Gasteiger partial charge in [0, 0.05) is 6.07 Å². The minimum Gasteiger partial charge on any atom is -0.497 e. The minimum absolute atomic E-state index is 0.0353. The Morgan fingerprint density at radius 2 is 2.13 bits per heavy atom. The molecule has 2 N–H and O–H groups in total. The van der Waals surface area contributed by atoms with Crippen LogP contribution in [0.5, 0.6) is 5.75 Å². The second kappa shape index (κ2) is 4.28. The van der Waals surface area contributed by atoms with Crippen molar-refractivity contribution in [2.24, 2.45) is 0 Å². The molecule has 0 bridgehead atoms. The average molecular weight is 231 g/mol. The lowest BCUT2D eigenvalue weighted by atomic mass is 10.3. The summed E-state index contributed by atoms with van der Waals surface area (Å²) in [6.07, 6.45) is 0.309. The smallest absolute Gasteiger partial charge is 0.296 e. The summed E-state index contributed by atoms with van der Waals surface area (Å²) in [4.78, 5) is 9.85. The molecule has 0 unspecified atom stereocenters. The van der Waals surface area contributed by atoms with Crippen molar-refractivity contribution < 1.29 is 22.5 Å². The van der Waals surface area contributed by atoms with Gasteiger partial charge in [0.2, 0.25) is 6.41 Å². The van der Waals surface area contributed by atoms with Crippen LogP contribution in [-0.2, 0) is 14.9 Å². The van der Waals surface area contributed by atoms with E-state index in [1.54, 1.807) is 0 Å². The Labute approximate surface area is 86.6 Å². The average Bonchev–Trinajstić information content (AvgIpc) is 2.16. The molecule has 0 aliphatic rings. The van der Waals surface area contributed by atoms with Crippen LogP contribution in [0.4, 0.5) is 5.69 Å². The van der Waals surface area contributed by atoms with E-state index in [-0.39, 0.29) is 10.6 Å². The van der Waals surface area contributed by atoms with E-state index in [4.69, 9.17) is 9.29 Å². The van der Waals surface area contributed by atoms with Crippen molar-refractivity contribution in [3.05, 3.63) is 18.2 Å². The molecule has 6 nitrogen and oxygen atoms in total. The molecule has 0 aromatic heterocycles. The second-order valence-electron chi connectivity index (χ2n) is 2.60. The van der Waals surface area contributed by atoms with Crippen molar-refractivity contribution in [2.45, 2.75) is 4.90 Å². The van der Waals surface area contributed by atoms with Crippen LogP contribution in [0.3, 0.4) is 0 Å². The Bertz CT molecular complexity index is 468. The van der Waals surface area contributed by atoms with Gasteiger partial charge in [-0.3, -0.25) is 9.35 Å². The Hall–Kier alpha value is -1.60. The third-order valence-corrected chi connectivity index (χ3v) is 2.59. The van der Waals surface area contributed by atoms with Crippen LogP contribution in [0, 0.1) is 0 Å². The van der Waals surface area contributed by atoms with E-state index in [1.807, 2.05) is 0 Å². The number of carbonyl (C=O) groups excluding carboxylic acids is 1. The number of ether oxygens (including phenoxy) is 1. The van der Waals surface area contributed by atoms with Gasteiger partial charge in [-0.05, 0) is 12.1 Å². The van der Waals surface area contributed by atoms with Gasteiger partial charge in [-0.1, -0.05) is 0 Å². The molecule has 15 heavy (non-hydrogen) atoms. The van der Waals surface area contributed by atoms with Gasteiger partial charge < -0.3 is 10.1 Å². The molecule has 0 fully saturated rings. The van der Waals surface area contributed by atoms with Crippen LogP contribution in [0.1, 0.15) is 0 Å². The van der Waals surface area contributed by atoms with Gasteiger partial charge >= 0.3 is 0 Å². The van der Waals surface area contributed by atoms with Crippen LogP contribution in [0.2, 0.25) is 0 Å². The lowest BCUT2D eigenvalue weighted by Gasteiger charge is -2.07. The first-order valence-corrected chi connectivity index (χ1v) is 5.28. The number of anilines is 1. The lowest BCUT2D eigenvalue weighted by Crippen LogP contribution is -2.05. The van der Waals surface area contributed by atoms with Crippen molar-refractivity contribution in [1.82, 2.24) is 0 Å². The maximum absolute atomic E-state index is 10.9. The fraction of sp³-hybridized carbons (Fsp3) is 0.125. The maximum atomic E-state index is 10.9. The second-order valence-corrected chi connectivity index (χ2v) is 3.99. The molecule has 1 aromatic rings. The van der Waals surface area contributed by atoms with E-state index < -0.39 is 10.1 Å². The van der Waals surface area contributed by atoms with E-state index in [9.17, 15) is 13.2 Å². The Morgan fingerprint density at radius 1 is 1.47 bits per heavy atom. The van der Waals surface area contributed by atoms with Gasteiger partial charge in [-0.15, -0.1) is 0 Å². The zero-order valence-electron chi connectivity index (χ0n) is 7.80. The monoisotopic (exact) mass is 231 g/mol. The van der Waals surface area contributed by atoms with Gasteiger partial charge in [0.15, 0.2) is 0 Å². The van der Waals surface area contributed by atoms with E-state index in [1.165, 1.54) is 19.2 Å². The highest BCUT2D eigenvalue weighted by Crippen LogP contribution is 2.25. The summed E-state index contributed by atoms with van der Waals surface area (Å²) in [6, 6.07) is 3.79. The van der Waals surface area contributed by atoms with Crippen molar-refractivity contribution in [1.29, 1.82) is 0 Å². The number of amides is 1. The van der Waals surface area contributed by atoms with Crippen LogP contribution in [0.25, 0.3) is 0 Å². The number of methoxy groups -OCH3 is 1.